The number of nitro groups is 1. The van der Waals surface area contributed by atoms with E-state index in [1.165, 1.54) is 7.11 Å². The van der Waals surface area contributed by atoms with E-state index in [1.54, 1.807) is 6.92 Å². The number of hydrogen-bond acceptors (Lipinski definition) is 6. The van der Waals surface area contributed by atoms with Gasteiger partial charge in [0.1, 0.15) is 12.1 Å². The van der Waals surface area contributed by atoms with Crippen LogP contribution in [-0.4, -0.2) is 36.2 Å². The Balaban J connectivity index is 1.87. The molecule has 7 heteroatoms. The lowest BCUT2D eigenvalue weighted by molar-refractivity contribution is -0.534. The molecule has 1 aliphatic rings. The van der Waals surface area contributed by atoms with Gasteiger partial charge in [0, 0.05) is 4.92 Å². The summed E-state index contributed by atoms with van der Waals surface area (Å²) >= 11 is 0. The van der Waals surface area contributed by atoms with Crippen LogP contribution in [0, 0.1) is 16.0 Å². The summed E-state index contributed by atoms with van der Waals surface area (Å²) in [4.78, 5) is 24.1. The molecule has 0 aliphatic carbocycles. The van der Waals surface area contributed by atoms with Gasteiger partial charge in [0.25, 0.3) is 0 Å². The van der Waals surface area contributed by atoms with Gasteiger partial charge in [-0.15, -0.1) is 0 Å². The zero-order valence-corrected chi connectivity index (χ0v) is 15.9. The van der Waals surface area contributed by atoms with Crippen molar-refractivity contribution in [3.8, 4) is 0 Å². The largest absolute Gasteiger partial charge is 0.468 e. The molecule has 7 nitrogen and oxygen atoms in total. The monoisotopic (exact) mass is 384 g/mol. The first-order chi connectivity index (χ1) is 13.5. The molecule has 0 aromatic heterocycles. The molecule has 0 unspecified atom stereocenters. The average Bonchev–Trinajstić information content (AvgIpc) is 3.14. The minimum atomic E-state index is -1.02. The highest BCUT2D eigenvalue weighted by molar-refractivity contribution is 5.77. The van der Waals surface area contributed by atoms with Crippen LogP contribution >= 0.6 is 0 Å². The molecule has 1 fully saturated rings. The van der Waals surface area contributed by atoms with Crippen molar-refractivity contribution in [3.63, 3.8) is 0 Å². The van der Waals surface area contributed by atoms with Gasteiger partial charge in [-0.1, -0.05) is 60.7 Å². The molecule has 1 aliphatic heterocycles. The van der Waals surface area contributed by atoms with Gasteiger partial charge in [0.15, 0.2) is 0 Å². The summed E-state index contributed by atoms with van der Waals surface area (Å²) in [6.45, 7) is 2.09. The highest BCUT2D eigenvalue weighted by Gasteiger charge is 2.56. The van der Waals surface area contributed by atoms with Crippen molar-refractivity contribution in [1.82, 2.24) is 5.32 Å². The summed E-state index contributed by atoms with van der Waals surface area (Å²) in [7, 11) is 1.29. The highest BCUT2D eigenvalue weighted by atomic mass is 16.6. The molecule has 0 spiro atoms. The fourth-order valence-electron chi connectivity index (χ4n) is 3.85. The van der Waals surface area contributed by atoms with Crippen LogP contribution in [0.2, 0.25) is 0 Å². The molecule has 2 aromatic rings. The Labute approximate surface area is 163 Å². The predicted molar refractivity (Wildman–Crippen MR) is 103 cm³/mol. The van der Waals surface area contributed by atoms with E-state index in [1.807, 2.05) is 60.7 Å². The Bertz CT molecular complexity index is 799. The molecule has 5 atom stereocenters. The standard InChI is InChI=1S/C21H24N2O5/c1-14(28-13-15-9-5-3-6-10-15)17-19(21(24)27-2)22-18(20(17)23(25)26)16-11-7-4-8-12-16/h3-12,14,17-20,22H,13H2,1-2H3/t14-,17+,18-,19-,20-/m0/s1. The van der Waals surface area contributed by atoms with Crippen LogP contribution in [0.1, 0.15) is 24.1 Å². The molecule has 0 saturated carbocycles. The molecule has 1 heterocycles. The van der Waals surface area contributed by atoms with Crippen molar-refractivity contribution >= 4 is 5.97 Å². The Kier molecular flexibility index (Phi) is 6.38. The molecule has 0 amide bonds. The molecule has 1 saturated heterocycles. The molecular weight excluding hydrogens is 360 g/mol. The van der Waals surface area contributed by atoms with Gasteiger partial charge in [-0.25, -0.2) is 0 Å². The number of carbonyl (C=O) groups is 1. The zero-order valence-electron chi connectivity index (χ0n) is 15.9. The Morgan fingerprint density at radius 1 is 1.14 bits per heavy atom. The quantitative estimate of drug-likeness (QED) is 0.448. The number of rotatable bonds is 7. The molecule has 0 radical (unpaired) electrons. The van der Waals surface area contributed by atoms with Crippen LogP contribution in [0.15, 0.2) is 60.7 Å². The molecule has 148 valence electrons. The van der Waals surface area contributed by atoms with Crippen LogP contribution in [-0.2, 0) is 20.9 Å². The molecular formula is C21H24N2O5. The number of hydrogen-bond donors (Lipinski definition) is 1. The molecule has 28 heavy (non-hydrogen) atoms. The number of nitrogens with zero attached hydrogens (tertiary/aromatic N) is 1. The SMILES string of the molecule is COC(=O)[C@H]1N[C@@H](c2ccccc2)[C@@H]([N+](=O)[O-])[C@@H]1[C@H](C)OCc1ccccc1. The summed E-state index contributed by atoms with van der Waals surface area (Å²) in [5, 5.41) is 15.1. The van der Waals surface area contributed by atoms with Crippen LogP contribution in [0.4, 0.5) is 0 Å². The van der Waals surface area contributed by atoms with Gasteiger partial charge in [0.2, 0.25) is 6.04 Å². The summed E-state index contributed by atoms with van der Waals surface area (Å²) in [5.41, 5.74) is 1.73. The van der Waals surface area contributed by atoms with Gasteiger partial charge in [-0.2, -0.15) is 0 Å². The number of benzene rings is 2. The van der Waals surface area contributed by atoms with Gasteiger partial charge in [-0.05, 0) is 18.1 Å². The van der Waals surface area contributed by atoms with Crippen molar-refractivity contribution in [3.05, 3.63) is 81.9 Å². The number of ether oxygens (including phenoxy) is 2. The van der Waals surface area contributed by atoms with Crippen LogP contribution in [0.25, 0.3) is 0 Å². The van der Waals surface area contributed by atoms with Gasteiger partial charge >= 0.3 is 5.97 Å². The minimum Gasteiger partial charge on any atom is -0.468 e. The lowest BCUT2D eigenvalue weighted by Crippen LogP contribution is -2.44. The maximum atomic E-state index is 12.4. The predicted octanol–water partition coefficient (Wildman–Crippen LogP) is 2.74. The molecule has 3 rings (SSSR count). The Hall–Kier alpha value is -2.77. The summed E-state index contributed by atoms with van der Waals surface area (Å²) in [6, 6.07) is 16.3. The number of nitrogens with one attached hydrogen (secondary N) is 1. The highest BCUT2D eigenvalue weighted by Crippen LogP contribution is 2.37. The Morgan fingerprint density at radius 2 is 1.75 bits per heavy atom. The van der Waals surface area contributed by atoms with Crippen molar-refractivity contribution in [2.24, 2.45) is 5.92 Å². The number of methoxy groups -OCH3 is 1. The van der Waals surface area contributed by atoms with Crippen molar-refractivity contribution in [2.45, 2.75) is 37.8 Å². The van der Waals surface area contributed by atoms with E-state index in [4.69, 9.17) is 9.47 Å². The van der Waals surface area contributed by atoms with Crippen LogP contribution in [0.5, 0.6) is 0 Å². The maximum absolute atomic E-state index is 12.4. The lowest BCUT2D eigenvalue weighted by Gasteiger charge is -2.25. The second kappa shape index (κ2) is 8.95. The zero-order chi connectivity index (χ0) is 20.1. The summed E-state index contributed by atoms with van der Waals surface area (Å²) in [6.07, 6.45) is -0.527. The lowest BCUT2D eigenvalue weighted by atomic mass is 9.87. The third-order valence-electron chi connectivity index (χ3n) is 5.23. The summed E-state index contributed by atoms with van der Waals surface area (Å²) < 4.78 is 10.9. The van der Waals surface area contributed by atoms with E-state index in [9.17, 15) is 14.9 Å². The number of esters is 1. The first-order valence-electron chi connectivity index (χ1n) is 9.20. The fourth-order valence-corrected chi connectivity index (χ4v) is 3.85. The first kappa shape index (κ1) is 20.0. The second-order valence-corrected chi connectivity index (χ2v) is 6.91. The molecule has 0 bridgehead atoms. The van der Waals surface area contributed by atoms with E-state index in [-0.39, 0.29) is 4.92 Å². The number of carbonyl (C=O) groups excluding carboxylic acids is 1. The third-order valence-corrected chi connectivity index (χ3v) is 5.23. The topological polar surface area (TPSA) is 90.7 Å². The van der Waals surface area contributed by atoms with Gasteiger partial charge < -0.3 is 9.47 Å². The van der Waals surface area contributed by atoms with Crippen LogP contribution in [0.3, 0.4) is 0 Å². The smallest absolute Gasteiger partial charge is 0.323 e. The van der Waals surface area contributed by atoms with Crippen LogP contribution < -0.4 is 5.32 Å². The normalized spacial score (nSPS) is 25.2. The second-order valence-electron chi connectivity index (χ2n) is 6.91. The summed E-state index contributed by atoms with van der Waals surface area (Å²) in [5.74, 6) is -1.19. The fraction of sp³-hybridized carbons (Fsp3) is 0.381. The Morgan fingerprint density at radius 3 is 2.32 bits per heavy atom. The van der Waals surface area contributed by atoms with Crippen molar-refractivity contribution < 1.29 is 19.2 Å². The van der Waals surface area contributed by atoms with Gasteiger partial charge in [-0.3, -0.25) is 20.2 Å². The molecule has 1 N–H and O–H groups in total. The maximum Gasteiger partial charge on any atom is 0.323 e. The molecule has 2 aromatic carbocycles. The minimum absolute atomic E-state index is 0.312. The van der Waals surface area contributed by atoms with E-state index < -0.39 is 36.1 Å². The van der Waals surface area contributed by atoms with E-state index in [0.29, 0.717) is 6.61 Å². The first-order valence-corrected chi connectivity index (χ1v) is 9.20. The van der Waals surface area contributed by atoms with E-state index in [2.05, 4.69) is 5.32 Å². The average molecular weight is 384 g/mol. The van der Waals surface area contributed by atoms with Gasteiger partial charge in [0.05, 0.1) is 25.7 Å². The third kappa shape index (κ3) is 4.21. The van der Waals surface area contributed by atoms with E-state index in [0.717, 1.165) is 11.1 Å². The van der Waals surface area contributed by atoms with Crippen molar-refractivity contribution in [2.75, 3.05) is 7.11 Å². The van der Waals surface area contributed by atoms with E-state index >= 15 is 0 Å². The van der Waals surface area contributed by atoms with Crippen molar-refractivity contribution in [1.29, 1.82) is 0 Å².